The van der Waals surface area contributed by atoms with E-state index in [-0.39, 0.29) is 18.1 Å². The number of hydrogen-bond acceptors (Lipinski definition) is 4. The second-order valence-corrected chi connectivity index (χ2v) is 8.88. The van der Waals surface area contributed by atoms with E-state index in [1.807, 2.05) is 0 Å². The fraction of sp³-hybridized carbons (Fsp3) is 0.167. The van der Waals surface area contributed by atoms with Crippen LogP contribution >= 0.6 is 23.2 Å². The van der Waals surface area contributed by atoms with Gasteiger partial charge in [0, 0.05) is 33.8 Å². The van der Waals surface area contributed by atoms with Crippen LogP contribution < -0.4 is 5.32 Å². The molecule has 1 aromatic heterocycles. The van der Waals surface area contributed by atoms with Crippen LogP contribution in [-0.4, -0.2) is 20.6 Å². The van der Waals surface area contributed by atoms with Gasteiger partial charge in [0.15, 0.2) is 15.6 Å². The Balaban J connectivity index is 1.91. The lowest BCUT2D eigenvalue weighted by atomic mass is 10.1. The first-order valence-electron chi connectivity index (χ1n) is 7.65. The molecular formula is C18H15Cl2NO4S. The number of rotatable bonds is 5. The van der Waals surface area contributed by atoms with Gasteiger partial charge in [0.05, 0.1) is 5.75 Å². The van der Waals surface area contributed by atoms with E-state index in [2.05, 4.69) is 5.32 Å². The number of nitrogens with one attached hydrogen (secondary N) is 1. The molecule has 136 valence electrons. The molecule has 3 aromatic rings. The van der Waals surface area contributed by atoms with Crippen molar-refractivity contribution in [1.82, 2.24) is 5.32 Å². The van der Waals surface area contributed by atoms with Gasteiger partial charge in [0.2, 0.25) is 0 Å². The predicted octanol–water partition coefficient (Wildman–Crippen LogP) is 4.21. The summed E-state index contributed by atoms with van der Waals surface area (Å²) in [6.45, 7) is 0.157. The molecule has 0 saturated carbocycles. The Kier molecular flexibility index (Phi) is 5.27. The van der Waals surface area contributed by atoms with Crippen molar-refractivity contribution in [1.29, 1.82) is 0 Å². The summed E-state index contributed by atoms with van der Waals surface area (Å²) in [5.74, 6) is -0.804. The Hall–Kier alpha value is -2.02. The normalized spacial score (nSPS) is 11.7. The lowest BCUT2D eigenvalue weighted by Crippen LogP contribution is -2.24. The Morgan fingerprint density at radius 1 is 1.15 bits per heavy atom. The average molecular weight is 412 g/mol. The summed E-state index contributed by atoms with van der Waals surface area (Å²) < 4.78 is 29.2. The minimum Gasteiger partial charge on any atom is -0.451 e. The highest BCUT2D eigenvalue weighted by Crippen LogP contribution is 2.28. The van der Waals surface area contributed by atoms with Crippen LogP contribution in [0.1, 0.15) is 21.7 Å². The Morgan fingerprint density at radius 3 is 2.58 bits per heavy atom. The van der Waals surface area contributed by atoms with Crippen LogP contribution in [0.15, 0.2) is 46.9 Å². The minimum atomic E-state index is -3.35. The third-order valence-corrected chi connectivity index (χ3v) is 5.17. The van der Waals surface area contributed by atoms with Crippen molar-refractivity contribution in [3.63, 3.8) is 0 Å². The van der Waals surface area contributed by atoms with Gasteiger partial charge in [-0.25, -0.2) is 8.42 Å². The van der Waals surface area contributed by atoms with Gasteiger partial charge in [0.25, 0.3) is 5.91 Å². The van der Waals surface area contributed by atoms with Crippen molar-refractivity contribution in [3.8, 4) is 0 Å². The summed E-state index contributed by atoms with van der Waals surface area (Å²) in [7, 11) is -3.35. The van der Waals surface area contributed by atoms with Crippen LogP contribution in [0, 0.1) is 0 Å². The third-order valence-electron chi connectivity index (χ3n) is 3.77. The number of furan rings is 1. The van der Waals surface area contributed by atoms with Gasteiger partial charge in [-0.3, -0.25) is 4.79 Å². The minimum absolute atomic E-state index is 0.0123. The van der Waals surface area contributed by atoms with E-state index < -0.39 is 15.7 Å². The van der Waals surface area contributed by atoms with Crippen LogP contribution in [0.2, 0.25) is 10.0 Å². The van der Waals surface area contributed by atoms with Gasteiger partial charge in [-0.1, -0.05) is 47.5 Å². The average Bonchev–Trinajstić information content (AvgIpc) is 2.91. The monoisotopic (exact) mass is 411 g/mol. The summed E-state index contributed by atoms with van der Waals surface area (Å²) >= 11 is 12.0. The molecular weight excluding hydrogens is 397 g/mol. The molecule has 0 atom stereocenters. The summed E-state index contributed by atoms with van der Waals surface area (Å²) in [6.07, 6.45) is 1.12. The summed E-state index contributed by atoms with van der Waals surface area (Å²) in [4.78, 5) is 12.6. The molecule has 0 saturated heterocycles. The summed E-state index contributed by atoms with van der Waals surface area (Å²) in [6, 6.07) is 11.9. The zero-order chi connectivity index (χ0) is 18.9. The number of para-hydroxylation sites is 1. The number of halogens is 2. The molecule has 0 aliphatic carbocycles. The fourth-order valence-electron chi connectivity index (χ4n) is 2.61. The van der Waals surface area contributed by atoms with Crippen molar-refractivity contribution in [2.45, 2.75) is 12.3 Å². The van der Waals surface area contributed by atoms with E-state index in [1.54, 1.807) is 42.5 Å². The molecule has 0 fully saturated rings. The molecule has 3 rings (SSSR count). The molecule has 5 nitrogen and oxygen atoms in total. The molecule has 2 aromatic carbocycles. The second kappa shape index (κ2) is 7.31. The number of amides is 1. The number of carbonyl (C=O) groups excluding carboxylic acids is 1. The molecule has 8 heteroatoms. The van der Waals surface area contributed by atoms with Gasteiger partial charge in [0.1, 0.15) is 5.58 Å². The summed E-state index contributed by atoms with van der Waals surface area (Å²) in [5, 5.41) is 4.24. The van der Waals surface area contributed by atoms with Crippen LogP contribution in [0.4, 0.5) is 0 Å². The van der Waals surface area contributed by atoms with Gasteiger partial charge in [-0.05, 0) is 23.8 Å². The number of carbonyl (C=O) groups is 1. The Labute approximate surface area is 160 Å². The van der Waals surface area contributed by atoms with Crippen LogP contribution in [0.25, 0.3) is 11.0 Å². The number of fused-ring (bicyclic) bond motifs is 1. The van der Waals surface area contributed by atoms with Gasteiger partial charge < -0.3 is 9.73 Å². The quantitative estimate of drug-likeness (QED) is 0.681. The zero-order valence-corrected chi connectivity index (χ0v) is 16.1. The molecule has 0 aliphatic heterocycles. The molecule has 1 heterocycles. The van der Waals surface area contributed by atoms with E-state index in [0.29, 0.717) is 32.1 Å². The summed E-state index contributed by atoms with van der Waals surface area (Å²) in [5.41, 5.74) is 1.49. The van der Waals surface area contributed by atoms with Crippen LogP contribution in [-0.2, 0) is 22.1 Å². The SMILES string of the molecule is CS(=O)(=O)Cc1c(C(=O)NCc2ccc(Cl)cc2Cl)oc2ccccc12. The van der Waals surface area contributed by atoms with E-state index >= 15 is 0 Å². The van der Waals surface area contributed by atoms with E-state index in [4.69, 9.17) is 27.6 Å². The Bertz CT molecular complexity index is 1090. The lowest BCUT2D eigenvalue weighted by molar-refractivity contribution is 0.0924. The number of benzene rings is 2. The Morgan fingerprint density at radius 2 is 1.88 bits per heavy atom. The highest BCUT2D eigenvalue weighted by atomic mass is 35.5. The zero-order valence-electron chi connectivity index (χ0n) is 13.8. The van der Waals surface area contributed by atoms with Gasteiger partial charge in [-0.2, -0.15) is 0 Å². The standard InChI is InChI=1S/C18H15Cl2NO4S/c1-26(23,24)10-14-13-4-2-3-5-16(13)25-17(14)18(22)21-9-11-6-7-12(19)8-15(11)20/h2-8H,9-10H2,1H3,(H,21,22). The van der Waals surface area contributed by atoms with E-state index in [0.717, 1.165) is 6.26 Å². The second-order valence-electron chi connectivity index (χ2n) is 5.89. The fourth-order valence-corrected chi connectivity index (χ4v) is 3.89. The molecule has 26 heavy (non-hydrogen) atoms. The third kappa shape index (κ3) is 4.20. The first kappa shape index (κ1) is 18.8. The molecule has 0 bridgehead atoms. The molecule has 0 aliphatic rings. The highest BCUT2D eigenvalue weighted by molar-refractivity contribution is 7.89. The molecule has 0 radical (unpaired) electrons. The van der Waals surface area contributed by atoms with E-state index in [1.165, 1.54) is 0 Å². The number of sulfone groups is 1. The van der Waals surface area contributed by atoms with Crippen LogP contribution in [0.3, 0.4) is 0 Å². The van der Waals surface area contributed by atoms with Crippen molar-refractivity contribution < 1.29 is 17.6 Å². The maximum Gasteiger partial charge on any atom is 0.287 e. The molecule has 0 spiro atoms. The van der Waals surface area contributed by atoms with Crippen molar-refractivity contribution in [3.05, 3.63) is 69.4 Å². The highest BCUT2D eigenvalue weighted by Gasteiger charge is 2.23. The number of hydrogen-bond donors (Lipinski definition) is 1. The molecule has 1 N–H and O–H groups in total. The van der Waals surface area contributed by atoms with Crippen molar-refractivity contribution in [2.24, 2.45) is 0 Å². The first-order chi connectivity index (χ1) is 12.2. The topological polar surface area (TPSA) is 76.4 Å². The largest absolute Gasteiger partial charge is 0.451 e. The maximum atomic E-state index is 12.6. The van der Waals surface area contributed by atoms with E-state index in [9.17, 15) is 13.2 Å². The van der Waals surface area contributed by atoms with Crippen LogP contribution in [0.5, 0.6) is 0 Å². The molecule has 0 unspecified atom stereocenters. The van der Waals surface area contributed by atoms with Gasteiger partial charge in [-0.15, -0.1) is 0 Å². The first-order valence-corrected chi connectivity index (χ1v) is 10.5. The van der Waals surface area contributed by atoms with Crippen molar-refractivity contribution in [2.75, 3.05) is 6.26 Å². The molecule has 1 amide bonds. The van der Waals surface area contributed by atoms with Gasteiger partial charge >= 0.3 is 0 Å². The smallest absolute Gasteiger partial charge is 0.287 e. The van der Waals surface area contributed by atoms with Crippen molar-refractivity contribution >= 4 is 49.9 Å². The predicted molar refractivity (Wildman–Crippen MR) is 102 cm³/mol. The maximum absolute atomic E-state index is 12.6. The lowest BCUT2D eigenvalue weighted by Gasteiger charge is -2.07.